The molecular formula is C78H67N19. The highest BCUT2D eigenvalue weighted by atomic mass is 15.1. The molecule has 3 saturated carbocycles. The number of hydrogen-bond donors (Lipinski definition) is 4. The van der Waals surface area contributed by atoms with E-state index in [0.29, 0.717) is 53.6 Å². The molecule has 0 saturated heterocycles. The maximum atomic E-state index is 8.59. The molecule has 19 heteroatoms. The van der Waals surface area contributed by atoms with Crippen LogP contribution in [0.2, 0.25) is 0 Å². The molecule has 0 atom stereocenters. The number of allylic oxidation sites excluding steroid dienone is 1. The molecule has 15 aromatic rings. The molecule has 0 amide bonds. The Morgan fingerprint density at radius 3 is 1.10 bits per heavy atom. The summed E-state index contributed by atoms with van der Waals surface area (Å²) in [6.07, 6.45) is 17.0. The largest absolute Gasteiger partial charge is 0.382 e. The lowest BCUT2D eigenvalue weighted by Crippen LogP contribution is -2.29. The number of imidazole rings is 3. The average molecular weight is 1270 g/mol. The number of nitrogens with zero attached hydrogens (tertiary/aromatic N) is 15. The van der Waals surface area contributed by atoms with E-state index in [1.165, 1.54) is 5.57 Å². The first-order valence-electron chi connectivity index (χ1n) is 32.7. The lowest BCUT2D eigenvalue weighted by atomic mass is 9.74. The van der Waals surface area contributed by atoms with Crippen molar-refractivity contribution in [1.82, 2.24) is 58.1 Å². The van der Waals surface area contributed by atoms with Crippen molar-refractivity contribution in [1.29, 1.82) is 0 Å². The van der Waals surface area contributed by atoms with Crippen molar-refractivity contribution in [3.05, 3.63) is 259 Å². The second kappa shape index (κ2) is 25.3. The summed E-state index contributed by atoms with van der Waals surface area (Å²) in [7, 11) is 0. The second-order valence-electron chi connectivity index (χ2n) is 25.5. The monoisotopic (exact) mass is 1270 g/mol. The van der Waals surface area contributed by atoms with Gasteiger partial charge in [-0.25, -0.2) is 44.9 Å². The molecule has 19 nitrogen and oxygen atoms in total. The molecule has 8 N–H and O–H groups in total. The third kappa shape index (κ3) is 11.4. The molecule has 0 spiro atoms. The topological polar surface area (TPSA) is 282 Å². The van der Waals surface area contributed by atoms with E-state index in [1.807, 2.05) is 79.3 Å². The minimum absolute atomic E-state index is 0.296. The zero-order chi connectivity index (χ0) is 65.7. The molecular weight excluding hydrogens is 1200 g/mol. The molecule has 3 aliphatic carbocycles. The van der Waals surface area contributed by atoms with Gasteiger partial charge in [0.15, 0.2) is 0 Å². The van der Waals surface area contributed by atoms with E-state index in [1.54, 1.807) is 18.6 Å². The van der Waals surface area contributed by atoms with Crippen molar-refractivity contribution < 1.29 is 0 Å². The first-order chi connectivity index (χ1) is 47.6. The number of nitrogens with two attached hydrogens (primary N) is 4. The Bertz CT molecular complexity index is 5540. The van der Waals surface area contributed by atoms with Crippen molar-refractivity contribution in [2.75, 3.05) is 30.3 Å². The second-order valence-corrected chi connectivity index (χ2v) is 25.5. The van der Waals surface area contributed by atoms with Gasteiger partial charge < -0.3 is 22.9 Å². The minimum atomic E-state index is 0.296. The smallest absolute Gasteiger partial charge is 0.150 e. The molecule has 6 aromatic carbocycles. The maximum Gasteiger partial charge on any atom is 0.150 e. The van der Waals surface area contributed by atoms with Crippen LogP contribution in [0.1, 0.15) is 73.8 Å². The molecule has 97 heavy (non-hydrogen) atoms. The fourth-order valence-electron chi connectivity index (χ4n) is 14.0. The van der Waals surface area contributed by atoms with E-state index in [4.69, 9.17) is 58.4 Å². The van der Waals surface area contributed by atoms with Crippen LogP contribution in [0.5, 0.6) is 0 Å². The maximum absolute atomic E-state index is 8.59. The molecule has 0 aliphatic heterocycles. The van der Waals surface area contributed by atoms with E-state index < -0.39 is 0 Å². The Morgan fingerprint density at radius 2 is 0.763 bits per heavy atom. The summed E-state index contributed by atoms with van der Waals surface area (Å²) < 4.78 is 6.25. The molecule has 18 rings (SSSR count). The van der Waals surface area contributed by atoms with Crippen molar-refractivity contribution in [2.24, 2.45) is 22.7 Å². The van der Waals surface area contributed by atoms with Gasteiger partial charge in [-0.05, 0) is 98.8 Å². The summed E-state index contributed by atoms with van der Waals surface area (Å²) in [5, 5.41) is 6.98. The predicted molar refractivity (Wildman–Crippen MR) is 386 cm³/mol. The molecule has 0 radical (unpaired) electrons. The van der Waals surface area contributed by atoms with Crippen LogP contribution < -0.4 is 22.9 Å². The number of benzene rings is 6. The summed E-state index contributed by atoms with van der Waals surface area (Å²) in [6.45, 7) is 5.35. The normalized spacial score (nSPS) is 16.6. The Labute approximate surface area is 558 Å². The number of anilines is 3. The molecule has 3 fully saturated rings. The molecule has 0 bridgehead atoms. The molecule has 9 aromatic heterocycles. The van der Waals surface area contributed by atoms with Gasteiger partial charge in [0.05, 0.1) is 33.6 Å². The first kappa shape index (κ1) is 59.8. The standard InChI is InChI=1S/C26H22N8.C26H24N6.C26H21N5/c27-25-24-23(32-26(34(24)11-10-29-25)20-12-16(13-20)15-30-33-28)19-7-6-18-8-9-21(31-22(18)14-19)17-4-2-1-3-5-17;27-15-16-12-20(13-16)26-31-23(24-25(28)29-10-11-32(24)26)19-7-6-18-8-9-21(30-22(18)14-19)17-4-2-1-3-5-17;1-16-13-20(14-16)26-30-23(24-25(27)28-11-12-31(24)26)19-8-7-18-9-10-21(29-22(18)15-19)17-5-3-2-4-6-17/h1-11,14,16,20H,12-13,15H2,(H2,27,29);1-11,14,16,20H,12-13,15,27H2,(H2,28,29);2-12,15,20H,1,13-14H2,(H2,27,28). The number of aromatic nitrogens is 12. The zero-order valence-electron chi connectivity index (χ0n) is 53.1. The summed E-state index contributed by atoms with van der Waals surface area (Å²) in [5.74, 6) is 6.52. The molecule has 0 unspecified atom stereocenters. The van der Waals surface area contributed by atoms with Gasteiger partial charge >= 0.3 is 0 Å². The van der Waals surface area contributed by atoms with Crippen molar-refractivity contribution >= 4 is 66.7 Å². The number of rotatable bonds is 12. The van der Waals surface area contributed by atoms with Crippen LogP contribution in [-0.4, -0.2) is 71.1 Å². The van der Waals surface area contributed by atoms with E-state index in [0.717, 1.165) is 179 Å². The van der Waals surface area contributed by atoms with Gasteiger partial charge in [-0.1, -0.05) is 163 Å². The number of hydrogen-bond acceptors (Lipinski definition) is 14. The highest BCUT2D eigenvalue weighted by Gasteiger charge is 2.36. The number of azide groups is 1. The Kier molecular flexibility index (Phi) is 15.6. The number of pyridine rings is 3. The quantitative estimate of drug-likeness (QED) is 0.0384. The van der Waals surface area contributed by atoms with E-state index in [2.05, 4.69) is 166 Å². The van der Waals surface area contributed by atoms with Crippen LogP contribution in [-0.2, 0) is 0 Å². The van der Waals surface area contributed by atoms with Gasteiger partial charge in [-0.2, -0.15) is 0 Å². The third-order valence-corrected chi connectivity index (χ3v) is 19.3. The third-order valence-electron chi connectivity index (χ3n) is 19.3. The predicted octanol–water partition coefficient (Wildman–Crippen LogP) is 16.3. The van der Waals surface area contributed by atoms with Crippen LogP contribution in [0.15, 0.2) is 236 Å². The van der Waals surface area contributed by atoms with Gasteiger partial charge in [0.25, 0.3) is 0 Å². The fraction of sp³-hybridized carbons (Fsp3) is 0.167. The van der Waals surface area contributed by atoms with Crippen molar-refractivity contribution in [2.45, 2.75) is 56.3 Å². The highest BCUT2D eigenvalue weighted by molar-refractivity contribution is 5.94. The van der Waals surface area contributed by atoms with E-state index >= 15 is 0 Å². The van der Waals surface area contributed by atoms with Crippen LogP contribution in [0, 0.1) is 11.8 Å². The Hall–Kier alpha value is -12.2. The zero-order valence-corrected chi connectivity index (χ0v) is 53.1. The SMILES string of the molecule is C=C1CC(c2nc(-c3ccc4ccc(-c5ccccc5)nc4c3)c3c(N)nccn23)C1.NCC1CC(c2nc(-c3ccc4ccc(-c5ccccc5)nc4c3)c3c(N)nccn23)C1.[N-]=[N+]=NCC1CC(c2nc(-c3ccc4ccc(-c5ccccc5)nc4c3)c3c(N)nccn23)C1. The highest BCUT2D eigenvalue weighted by Crippen LogP contribution is 2.46. The van der Waals surface area contributed by atoms with Gasteiger partial charge in [0, 0.05) is 116 Å². The summed E-state index contributed by atoms with van der Waals surface area (Å²) >= 11 is 0. The average Bonchev–Trinajstić information content (AvgIpc) is 1.59. The number of nitrogen functional groups attached to an aromatic ring is 3. The van der Waals surface area contributed by atoms with Gasteiger partial charge in [-0.15, -0.1) is 0 Å². The lowest BCUT2D eigenvalue weighted by molar-refractivity contribution is 0.262. The van der Waals surface area contributed by atoms with Gasteiger partial charge in [0.2, 0.25) is 0 Å². The van der Waals surface area contributed by atoms with Crippen molar-refractivity contribution in [3.8, 4) is 67.5 Å². The molecule has 9 heterocycles. The summed E-state index contributed by atoms with van der Waals surface area (Å²) in [6, 6.07) is 61.9. The van der Waals surface area contributed by atoms with Crippen molar-refractivity contribution in [3.63, 3.8) is 0 Å². The van der Waals surface area contributed by atoms with Crippen LogP contribution in [0.3, 0.4) is 0 Å². The number of fused-ring (bicyclic) bond motifs is 6. The van der Waals surface area contributed by atoms with Crippen LogP contribution >= 0.6 is 0 Å². The summed E-state index contributed by atoms with van der Waals surface area (Å²) in [4.78, 5) is 45.8. The van der Waals surface area contributed by atoms with E-state index in [-0.39, 0.29) is 0 Å². The minimum Gasteiger partial charge on any atom is -0.382 e. The lowest BCUT2D eigenvalue weighted by Gasteiger charge is -2.33. The first-order valence-corrected chi connectivity index (χ1v) is 32.7. The fourth-order valence-corrected chi connectivity index (χ4v) is 14.0. The van der Waals surface area contributed by atoms with Crippen LogP contribution in [0.4, 0.5) is 17.5 Å². The van der Waals surface area contributed by atoms with Gasteiger partial charge in [0.1, 0.15) is 68.6 Å². The molecule has 3 aliphatic rings. The molecule has 474 valence electrons. The van der Waals surface area contributed by atoms with Crippen LogP contribution in [0.25, 0.3) is 127 Å². The Balaban J connectivity index is 0.000000114. The Morgan fingerprint density at radius 1 is 0.423 bits per heavy atom. The van der Waals surface area contributed by atoms with Gasteiger partial charge in [-0.3, -0.25) is 13.2 Å². The van der Waals surface area contributed by atoms with E-state index in [9.17, 15) is 0 Å². The summed E-state index contributed by atoms with van der Waals surface area (Å²) in [5.41, 5.74) is 51.6.